The molecule has 1 aromatic carbocycles. The molecule has 0 saturated carbocycles. The Balaban J connectivity index is 2.16. The van der Waals surface area contributed by atoms with Crippen molar-refractivity contribution in [2.45, 2.75) is 19.3 Å². The zero-order valence-electron chi connectivity index (χ0n) is 9.36. The highest BCUT2D eigenvalue weighted by atomic mass is 79.9. The van der Waals surface area contributed by atoms with E-state index in [1.54, 1.807) is 12.1 Å². The molecule has 92 valence electrons. The summed E-state index contributed by atoms with van der Waals surface area (Å²) in [6, 6.07) is 5.06. The minimum atomic E-state index is -0.364. The summed E-state index contributed by atoms with van der Waals surface area (Å²) in [4.78, 5) is 10.6. The predicted molar refractivity (Wildman–Crippen MR) is 69.8 cm³/mol. The average Bonchev–Trinajstić information content (AvgIpc) is 2.32. The fourth-order valence-electron chi connectivity index (χ4n) is 1.93. The molecule has 0 aliphatic carbocycles. The number of hydrogen-bond donors (Lipinski definition) is 1. The van der Waals surface area contributed by atoms with Gasteiger partial charge in [-0.25, -0.2) is 5.01 Å². The first-order valence-corrected chi connectivity index (χ1v) is 6.41. The summed E-state index contributed by atoms with van der Waals surface area (Å²) in [7, 11) is 0. The van der Waals surface area contributed by atoms with Crippen molar-refractivity contribution in [1.29, 1.82) is 0 Å². The Labute approximate surface area is 108 Å². The van der Waals surface area contributed by atoms with Crippen molar-refractivity contribution < 1.29 is 4.92 Å². The van der Waals surface area contributed by atoms with Crippen LogP contribution in [-0.4, -0.2) is 23.0 Å². The van der Waals surface area contributed by atoms with Gasteiger partial charge in [0, 0.05) is 23.6 Å². The Morgan fingerprint density at radius 2 is 2.00 bits per heavy atom. The van der Waals surface area contributed by atoms with Crippen LogP contribution in [0.3, 0.4) is 0 Å². The van der Waals surface area contributed by atoms with Gasteiger partial charge >= 0.3 is 0 Å². The maximum absolute atomic E-state index is 10.9. The molecule has 17 heavy (non-hydrogen) atoms. The highest BCUT2D eigenvalue weighted by Crippen LogP contribution is 2.28. The Bertz CT molecular complexity index is 419. The number of nitro benzene ring substituents is 1. The lowest BCUT2D eigenvalue weighted by Crippen LogP contribution is -2.35. The zero-order valence-corrected chi connectivity index (χ0v) is 10.9. The minimum absolute atomic E-state index is 0.102. The second kappa shape index (κ2) is 5.46. The van der Waals surface area contributed by atoms with E-state index in [4.69, 9.17) is 0 Å². The number of nitrogens with zero attached hydrogens (tertiary/aromatic N) is 2. The van der Waals surface area contributed by atoms with Crippen molar-refractivity contribution in [3.63, 3.8) is 0 Å². The second-order valence-electron chi connectivity index (χ2n) is 4.08. The van der Waals surface area contributed by atoms with Crippen LogP contribution in [0.25, 0.3) is 0 Å². The summed E-state index contributed by atoms with van der Waals surface area (Å²) >= 11 is 3.24. The van der Waals surface area contributed by atoms with Crippen LogP contribution >= 0.6 is 15.9 Å². The third-order valence-electron chi connectivity index (χ3n) is 2.79. The van der Waals surface area contributed by atoms with E-state index in [0.29, 0.717) is 10.2 Å². The first-order valence-electron chi connectivity index (χ1n) is 5.62. The molecule has 0 unspecified atom stereocenters. The summed E-state index contributed by atoms with van der Waals surface area (Å²) in [6.07, 6.45) is 3.51. The molecule has 1 aliphatic rings. The molecule has 1 aliphatic heterocycles. The van der Waals surface area contributed by atoms with Crippen LogP contribution in [0.5, 0.6) is 0 Å². The molecule has 6 heteroatoms. The maximum atomic E-state index is 10.9. The Hall–Kier alpha value is -1.14. The molecule has 0 bridgehead atoms. The maximum Gasteiger partial charge on any atom is 0.294 e. The molecule has 1 N–H and O–H groups in total. The summed E-state index contributed by atoms with van der Waals surface area (Å²) < 4.78 is 0.716. The number of nitrogens with one attached hydrogen (secondary N) is 1. The van der Waals surface area contributed by atoms with Crippen LogP contribution in [0, 0.1) is 10.1 Å². The van der Waals surface area contributed by atoms with Crippen LogP contribution in [0.1, 0.15) is 19.3 Å². The lowest BCUT2D eigenvalue weighted by atomic mass is 10.2. The SMILES string of the molecule is O=[N+]([O-])c1cc(Br)ccc1NN1CCCCC1. The first kappa shape index (κ1) is 12.3. The zero-order chi connectivity index (χ0) is 12.3. The number of halogens is 1. The van der Waals surface area contributed by atoms with Gasteiger partial charge in [0.15, 0.2) is 0 Å². The Morgan fingerprint density at radius 3 is 2.65 bits per heavy atom. The first-order chi connectivity index (χ1) is 8.16. The van der Waals surface area contributed by atoms with E-state index in [9.17, 15) is 10.1 Å². The van der Waals surface area contributed by atoms with Gasteiger partial charge in [-0.05, 0) is 25.0 Å². The second-order valence-corrected chi connectivity index (χ2v) is 4.99. The minimum Gasteiger partial charge on any atom is -0.313 e. The van der Waals surface area contributed by atoms with Gasteiger partial charge in [0.2, 0.25) is 0 Å². The molecule has 0 radical (unpaired) electrons. The van der Waals surface area contributed by atoms with Gasteiger partial charge in [0.25, 0.3) is 5.69 Å². The van der Waals surface area contributed by atoms with Crippen molar-refractivity contribution in [3.8, 4) is 0 Å². The number of benzene rings is 1. The lowest BCUT2D eigenvalue weighted by Gasteiger charge is -2.27. The van der Waals surface area contributed by atoms with Gasteiger partial charge in [-0.3, -0.25) is 10.1 Å². The highest BCUT2D eigenvalue weighted by Gasteiger charge is 2.17. The number of anilines is 1. The smallest absolute Gasteiger partial charge is 0.294 e. The standard InChI is InChI=1S/C11H14BrN3O2/c12-9-4-5-10(11(8-9)15(16)17)13-14-6-2-1-3-7-14/h4-5,8,13H,1-3,6-7H2. The number of nitro groups is 1. The topological polar surface area (TPSA) is 58.4 Å². The molecule has 0 amide bonds. The van der Waals surface area contributed by atoms with Crippen molar-refractivity contribution in [2.75, 3.05) is 18.5 Å². The Kier molecular flexibility index (Phi) is 3.96. The van der Waals surface area contributed by atoms with E-state index < -0.39 is 0 Å². The van der Waals surface area contributed by atoms with E-state index in [-0.39, 0.29) is 10.6 Å². The number of piperidine rings is 1. The quantitative estimate of drug-likeness (QED) is 0.688. The third-order valence-corrected chi connectivity index (χ3v) is 3.28. The van der Waals surface area contributed by atoms with Gasteiger partial charge < -0.3 is 5.43 Å². The third kappa shape index (κ3) is 3.17. The van der Waals surface area contributed by atoms with Crippen molar-refractivity contribution in [3.05, 3.63) is 32.8 Å². The van der Waals surface area contributed by atoms with Crippen LogP contribution in [0.2, 0.25) is 0 Å². The van der Waals surface area contributed by atoms with E-state index in [1.165, 1.54) is 12.5 Å². The molecular formula is C11H14BrN3O2. The van der Waals surface area contributed by atoms with Crippen LogP contribution in [0.4, 0.5) is 11.4 Å². The van der Waals surface area contributed by atoms with Gasteiger partial charge in [-0.1, -0.05) is 22.4 Å². The van der Waals surface area contributed by atoms with E-state index in [1.807, 2.05) is 5.01 Å². The lowest BCUT2D eigenvalue weighted by molar-refractivity contribution is -0.384. The molecule has 0 atom stereocenters. The normalized spacial score (nSPS) is 16.8. The van der Waals surface area contributed by atoms with Crippen molar-refractivity contribution in [2.24, 2.45) is 0 Å². The Morgan fingerprint density at radius 1 is 1.29 bits per heavy atom. The number of rotatable bonds is 3. The fourth-order valence-corrected chi connectivity index (χ4v) is 2.28. The van der Waals surface area contributed by atoms with Crippen LogP contribution in [-0.2, 0) is 0 Å². The summed E-state index contributed by atoms with van der Waals surface area (Å²) in [5, 5.41) is 13.0. The van der Waals surface area contributed by atoms with Gasteiger partial charge in [-0.15, -0.1) is 0 Å². The molecule has 1 heterocycles. The largest absolute Gasteiger partial charge is 0.313 e. The molecule has 1 aromatic rings. The summed E-state index contributed by atoms with van der Waals surface area (Å²) in [5.41, 5.74) is 3.79. The fraction of sp³-hybridized carbons (Fsp3) is 0.455. The molecule has 0 spiro atoms. The van der Waals surface area contributed by atoms with Gasteiger partial charge in [-0.2, -0.15) is 0 Å². The van der Waals surface area contributed by atoms with E-state index in [2.05, 4.69) is 21.4 Å². The van der Waals surface area contributed by atoms with Crippen molar-refractivity contribution >= 4 is 27.3 Å². The van der Waals surface area contributed by atoms with Crippen molar-refractivity contribution in [1.82, 2.24) is 5.01 Å². The number of hydrazine groups is 1. The van der Waals surface area contributed by atoms with Gasteiger partial charge in [0.1, 0.15) is 5.69 Å². The van der Waals surface area contributed by atoms with Crippen LogP contribution < -0.4 is 5.43 Å². The highest BCUT2D eigenvalue weighted by molar-refractivity contribution is 9.10. The molecule has 1 fully saturated rings. The molecular weight excluding hydrogens is 286 g/mol. The van der Waals surface area contributed by atoms with Crippen LogP contribution in [0.15, 0.2) is 22.7 Å². The van der Waals surface area contributed by atoms with Gasteiger partial charge in [0.05, 0.1) is 4.92 Å². The molecule has 0 aromatic heterocycles. The molecule has 5 nitrogen and oxygen atoms in total. The predicted octanol–water partition coefficient (Wildman–Crippen LogP) is 3.17. The van der Waals surface area contributed by atoms with E-state index >= 15 is 0 Å². The monoisotopic (exact) mass is 299 g/mol. The average molecular weight is 300 g/mol. The summed E-state index contributed by atoms with van der Waals surface area (Å²) in [6.45, 7) is 1.88. The van der Waals surface area contributed by atoms with E-state index in [0.717, 1.165) is 25.9 Å². The number of hydrogen-bond acceptors (Lipinski definition) is 4. The molecule has 1 saturated heterocycles. The summed E-state index contributed by atoms with van der Waals surface area (Å²) in [5.74, 6) is 0. The molecule has 2 rings (SSSR count).